The molecule has 0 bridgehead atoms. The lowest BCUT2D eigenvalue weighted by atomic mass is 9.86. The van der Waals surface area contributed by atoms with E-state index in [0.717, 1.165) is 36.3 Å². The summed E-state index contributed by atoms with van der Waals surface area (Å²) in [5, 5.41) is 9.23. The molecule has 0 saturated carbocycles. The third-order valence-corrected chi connectivity index (χ3v) is 9.61. The Labute approximate surface area is 257 Å². The smallest absolute Gasteiger partial charge is 0.0944 e. The number of aromatic nitrogens is 1. The van der Waals surface area contributed by atoms with Gasteiger partial charge in [-0.25, -0.2) is 4.99 Å². The molecule has 1 N–H and O–H groups in total. The van der Waals surface area contributed by atoms with Crippen molar-refractivity contribution in [3.8, 4) is 5.69 Å². The largest absolute Gasteiger partial charge is 0.371 e. The van der Waals surface area contributed by atoms with Gasteiger partial charge in [0.1, 0.15) is 0 Å². The van der Waals surface area contributed by atoms with Gasteiger partial charge in [-0.3, -0.25) is 0 Å². The van der Waals surface area contributed by atoms with Crippen LogP contribution in [0.2, 0.25) is 0 Å². The topological polar surface area (TPSA) is 29.3 Å². The summed E-state index contributed by atoms with van der Waals surface area (Å²) in [6, 6.07) is 35.5. The number of rotatable bonds is 3. The van der Waals surface area contributed by atoms with Crippen molar-refractivity contribution in [3.63, 3.8) is 0 Å². The predicted molar refractivity (Wildman–Crippen MR) is 187 cm³/mol. The number of nitrogens with one attached hydrogen (secondary N) is 1. The number of anilines is 1. The number of fused-ring (bicyclic) bond motifs is 8. The molecule has 3 heteroatoms. The number of nitrogens with zero attached hydrogens (tertiary/aromatic N) is 2. The van der Waals surface area contributed by atoms with Gasteiger partial charge < -0.3 is 9.88 Å². The molecule has 212 valence electrons. The van der Waals surface area contributed by atoms with Crippen LogP contribution < -0.4 is 5.32 Å². The molecule has 0 fully saturated rings. The van der Waals surface area contributed by atoms with Gasteiger partial charge in [0.15, 0.2) is 0 Å². The van der Waals surface area contributed by atoms with E-state index in [1.54, 1.807) is 0 Å². The predicted octanol–water partition coefficient (Wildman–Crippen LogP) is 10.7. The van der Waals surface area contributed by atoms with Crippen molar-refractivity contribution >= 4 is 55.7 Å². The van der Waals surface area contributed by atoms with Gasteiger partial charge in [-0.15, -0.1) is 0 Å². The van der Waals surface area contributed by atoms with Gasteiger partial charge in [0.2, 0.25) is 0 Å². The average Bonchev–Trinajstić information content (AvgIpc) is 3.43. The first kappa shape index (κ1) is 25.4. The minimum atomic E-state index is -0.0402. The van der Waals surface area contributed by atoms with Crippen molar-refractivity contribution in [2.45, 2.75) is 32.2 Å². The molecule has 2 heterocycles. The minimum Gasteiger partial charge on any atom is -0.371 e. The Hall–Kier alpha value is -5.15. The van der Waals surface area contributed by atoms with Crippen LogP contribution in [0.25, 0.3) is 44.3 Å². The van der Waals surface area contributed by atoms with Gasteiger partial charge in [0.25, 0.3) is 0 Å². The third-order valence-electron chi connectivity index (χ3n) is 9.61. The number of aryl methyl sites for hydroxylation is 1. The molecule has 1 aliphatic heterocycles. The van der Waals surface area contributed by atoms with Crippen LogP contribution in [0, 0.1) is 5.92 Å². The molecule has 9 rings (SSSR count). The van der Waals surface area contributed by atoms with Crippen LogP contribution in [0.4, 0.5) is 11.4 Å². The SMILES string of the molecule is CC1C=CC=C(C2=Nc3ccccc3NC2c2cccc(-n3c4ccc5c(c4c4c6ccccc6ccc43)CCC=C5)c2)C1. The fourth-order valence-corrected chi connectivity index (χ4v) is 7.58. The summed E-state index contributed by atoms with van der Waals surface area (Å²) in [4.78, 5) is 5.27. The van der Waals surface area contributed by atoms with E-state index >= 15 is 0 Å². The van der Waals surface area contributed by atoms with E-state index in [9.17, 15) is 0 Å². The fraction of sp³-hybridized carbons (Fsp3) is 0.146. The number of para-hydroxylation sites is 2. The molecule has 5 aromatic carbocycles. The first-order valence-electron chi connectivity index (χ1n) is 15.8. The molecule has 3 nitrogen and oxygen atoms in total. The summed E-state index contributed by atoms with van der Waals surface area (Å²) in [5.74, 6) is 0.495. The Kier molecular flexibility index (Phi) is 5.74. The normalized spacial score (nSPS) is 19.0. The highest BCUT2D eigenvalue weighted by molar-refractivity contribution is 6.22. The zero-order valence-corrected chi connectivity index (χ0v) is 24.8. The van der Waals surface area contributed by atoms with E-state index in [0.29, 0.717) is 5.92 Å². The highest BCUT2D eigenvalue weighted by Gasteiger charge is 2.28. The first-order valence-corrected chi connectivity index (χ1v) is 15.8. The van der Waals surface area contributed by atoms with Crippen LogP contribution in [0.15, 0.2) is 132 Å². The Balaban J connectivity index is 1.27. The maximum atomic E-state index is 5.27. The lowest BCUT2D eigenvalue weighted by molar-refractivity contribution is 0.719. The maximum Gasteiger partial charge on any atom is 0.0944 e. The average molecular weight is 568 g/mol. The summed E-state index contributed by atoms with van der Waals surface area (Å²) >= 11 is 0. The highest BCUT2D eigenvalue weighted by Crippen LogP contribution is 2.43. The summed E-state index contributed by atoms with van der Waals surface area (Å²) in [6.07, 6.45) is 14.5. The number of allylic oxidation sites excluding steroid dienone is 4. The van der Waals surface area contributed by atoms with Crippen LogP contribution in [0.5, 0.6) is 0 Å². The van der Waals surface area contributed by atoms with Crippen molar-refractivity contribution in [1.82, 2.24) is 4.57 Å². The van der Waals surface area contributed by atoms with Gasteiger partial charge in [0.05, 0.1) is 34.2 Å². The Morgan fingerprint density at radius 2 is 1.70 bits per heavy atom. The van der Waals surface area contributed by atoms with Gasteiger partial charge in [-0.1, -0.05) is 98.0 Å². The quantitative estimate of drug-likeness (QED) is 0.226. The third kappa shape index (κ3) is 3.92. The standard InChI is InChI=1S/C41H33N3/c1-26-10-8-13-29(24-26)40-41(43-35-19-7-6-18-34(35)42-40)30-14-9-15-31(25-30)44-36-22-20-27-11-2-4-16-32(27)38(36)39-33-17-5-3-12-28(33)21-23-37(39)44/h2-4,6-16,18-23,25-26,41,43H,5,17,24H2,1H3. The molecule has 2 unspecified atom stereocenters. The van der Waals surface area contributed by atoms with Crippen LogP contribution in [-0.2, 0) is 6.42 Å². The van der Waals surface area contributed by atoms with Crippen molar-refractivity contribution < 1.29 is 0 Å². The molecule has 2 aliphatic carbocycles. The molecule has 44 heavy (non-hydrogen) atoms. The summed E-state index contributed by atoms with van der Waals surface area (Å²) < 4.78 is 2.48. The Morgan fingerprint density at radius 1 is 0.841 bits per heavy atom. The molecule has 0 saturated heterocycles. The second kappa shape index (κ2) is 9.96. The van der Waals surface area contributed by atoms with Crippen LogP contribution in [-0.4, -0.2) is 10.3 Å². The van der Waals surface area contributed by atoms with E-state index < -0.39 is 0 Å². The zero-order chi connectivity index (χ0) is 29.2. The molecule has 6 aromatic rings. The molecular formula is C41H33N3. The van der Waals surface area contributed by atoms with E-state index in [2.05, 4.69) is 144 Å². The summed E-state index contributed by atoms with van der Waals surface area (Å²) in [7, 11) is 0. The first-order chi connectivity index (χ1) is 21.7. The second-order valence-electron chi connectivity index (χ2n) is 12.4. The molecule has 3 aliphatic rings. The second-order valence-corrected chi connectivity index (χ2v) is 12.4. The Morgan fingerprint density at radius 3 is 2.66 bits per heavy atom. The van der Waals surface area contributed by atoms with Crippen molar-refractivity contribution in [1.29, 1.82) is 0 Å². The van der Waals surface area contributed by atoms with Gasteiger partial charge in [-0.05, 0) is 94.6 Å². The highest BCUT2D eigenvalue weighted by atomic mass is 15.0. The fourth-order valence-electron chi connectivity index (χ4n) is 7.58. The lowest BCUT2D eigenvalue weighted by Gasteiger charge is -2.30. The van der Waals surface area contributed by atoms with E-state index in [1.807, 2.05) is 0 Å². The summed E-state index contributed by atoms with van der Waals surface area (Å²) in [6.45, 7) is 2.28. The summed E-state index contributed by atoms with van der Waals surface area (Å²) in [5.41, 5.74) is 12.2. The molecule has 2 atom stereocenters. The van der Waals surface area contributed by atoms with Gasteiger partial charge >= 0.3 is 0 Å². The number of hydrogen-bond donors (Lipinski definition) is 1. The number of hydrogen-bond acceptors (Lipinski definition) is 2. The van der Waals surface area contributed by atoms with E-state index in [4.69, 9.17) is 4.99 Å². The van der Waals surface area contributed by atoms with Crippen LogP contribution >= 0.6 is 0 Å². The van der Waals surface area contributed by atoms with E-state index in [-0.39, 0.29) is 6.04 Å². The maximum absolute atomic E-state index is 5.27. The molecule has 0 spiro atoms. The molecule has 0 amide bonds. The van der Waals surface area contributed by atoms with Crippen LogP contribution in [0.3, 0.4) is 0 Å². The van der Waals surface area contributed by atoms with Crippen molar-refractivity contribution in [2.24, 2.45) is 10.9 Å². The molecule has 1 aromatic heterocycles. The molecule has 0 radical (unpaired) electrons. The van der Waals surface area contributed by atoms with Gasteiger partial charge in [0, 0.05) is 16.5 Å². The van der Waals surface area contributed by atoms with E-state index in [1.165, 1.54) is 60.5 Å². The monoisotopic (exact) mass is 567 g/mol. The Bertz CT molecular complexity index is 2260. The minimum absolute atomic E-state index is 0.0402. The van der Waals surface area contributed by atoms with Gasteiger partial charge in [-0.2, -0.15) is 0 Å². The number of aliphatic imine (C=N–C) groups is 1. The van der Waals surface area contributed by atoms with Crippen LogP contribution in [0.1, 0.15) is 42.5 Å². The van der Waals surface area contributed by atoms with Crippen molar-refractivity contribution in [3.05, 3.63) is 144 Å². The lowest BCUT2D eigenvalue weighted by Crippen LogP contribution is -2.26. The molecular weight excluding hydrogens is 534 g/mol. The van der Waals surface area contributed by atoms with Crippen molar-refractivity contribution in [2.75, 3.05) is 5.32 Å². The zero-order valence-electron chi connectivity index (χ0n) is 24.8. The number of benzene rings is 5.